The highest BCUT2D eigenvalue weighted by molar-refractivity contribution is 5.80. The van der Waals surface area contributed by atoms with Gasteiger partial charge in [0.15, 0.2) is 11.8 Å². The Labute approximate surface area is 168 Å². The van der Waals surface area contributed by atoms with Crippen LogP contribution in [0.4, 0.5) is 0 Å². The first-order chi connectivity index (χ1) is 13.5. The van der Waals surface area contributed by atoms with Gasteiger partial charge in [-0.25, -0.2) is 9.67 Å². The maximum Gasteiger partial charge on any atom is 0.191 e. The first kappa shape index (κ1) is 21.0. The van der Waals surface area contributed by atoms with Gasteiger partial charge in [-0.15, -0.1) is 0 Å². The van der Waals surface area contributed by atoms with E-state index in [-0.39, 0.29) is 11.5 Å². The Balaban J connectivity index is 1.50. The zero-order chi connectivity index (χ0) is 20.1. The third kappa shape index (κ3) is 4.66. The number of fused-ring (bicyclic) bond motifs is 1. The molecule has 2 aliphatic rings. The summed E-state index contributed by atoms with van der Waals surface area (Å²) in [4.78, 5) is 8.99. The predicted octanol–water partition coefficient (Wildman–Crippen LogP) is 1.89. The average molecular weight is 393 g/mol. The summed E-state index contributed by atoms with van der Waals surface area (Å²) < 4.78 is 13.2. The molecule has 0 spiro atoms. The van der Waals surface area contributed by atoms with E-state index in [1.165, 1.54) is 6.42 Å². The summed E-state index contributed by atoms with van der Waals surface area (Å²) >= 11 is 0. The summed E-state index contributed by atoms with van der Waals surface area (Å²) in [5.74, 6) is 2.65. The van der Waals surface area contributed by atoms with Crippen LogP contribution in [0.15, 0.2) is 4.99 Å². The summed E-state index contributed by atoms with van der Waals surface area (Å²) in [6.07, 6.45) is 5.58. The molecule has 2 heterocycles. The number of rotatable bonds is 8. The van der Waals surface area contributed by atoms with E-state index >= 15 is 0 Å². The fourth-order valence-corrected chi connectivity index (χ4v) is 3.98. The number of unbranched alkanes of at least 4 members (excludes halogenated alkanes) is 1. The molecular weight excluding hydrogens is 356 g/mol. The van der Waals surface area contributed by atoms with Gasteiger partial charge in [-0.05, 0) is 19.3 Å². The van der Waals surface area contributed by atoms with Gasteiger partial charge in [-0.1, -0.05) is 27.2 Å². The van der Waals surface area contributed by atoms with Crippen LogP contribution in [0.5, 0.6) is 0 Å². The van der Waals surface area contributed by atoms with E-state index in [1.807, 2.05) is 11.7 Å². The van der Waals surface area contributed by atoms with Crippen molar-refractivity contribution in [2.24, 2.45) is 10.4 Å². The highest BCUT2D eigenvalue weighted by atomic mass is 16.5. The van der Waals surface area contributed by atoms with Crippen LogP contribution < -0.4 is 10.6 Å². The monoisotopic (exact) mass is 392 g/mol. The molecule has 0 saturated heterocycles. The topological polar surface area (TPSA) is 85.6 Å². The number of aryl methyl sites for hydroxylation is 1. The third-order valence-electron chi connectivity index (χ3n) is 6.05. The number of guanidine groups is 1. The van der Waals surface area contributed by atoms with Crippen molar-refractivity contribution in [2.45, 2.75) is 84.2 Å². The van der Waals surface area contributed by atoms with Crippen molar-refractivity contribution in [3.05, 3.63) is 11.6 Å². The number of hydrogen-bond acceptors (Lipinski definition) is 5. The Hall–Kier alpha value is -1.67. The van der Waals surface area contributed by atoms with Crippen molar-refractivity contribution >= 4 is 5.96 Å². The Bertz CT molecular complexity index is 672. The number of hydrogen-bond donors (Lipinski definition) is 2. The molecule has 0 amide bonds. The molecule has 3 rings (SSSR count). The van der Waals surface area contributed by atoms with Gasteiger partial charge in [-0.2, -0.15) is 5.10 Å². The minimum atomic E-state index is 0.103. The van der Waals surface area contributed by atoms with Gasteiger partial charge in [-0.3, -0.25) is 4.99 Å². The minimum absolute atomic E-state index is 0.103. The molecule has 158 valence electrons. The number of methoxy groups -OCH3 is 1. The van der Waals surface area contributed by atoms with E-state index in [0.717, 1.165) is 56.4 Å². The van der Waals surface area contributed by atoms with Gasteiger partial charge < -0.3 is 20.1 Å². The zero-order valence-electron chi connectivity index (χ0n) is 18.0. The molecular formula is C20H36N6O2. The van der Waals surface area contributed by atoms with Crippen molar-refractivity contribution < 1.29 is 9.47 Å². The molecule has 1 aliphatic heterocycles. The van der Waals surface area contributed by atoms with E-state index in [9.17, 15) is 0 Å². The number of aliphatic imine (C=N–C) groups is 1. The third-order valence-corrected chi connectivity index (χ3v) is 6.05. The van der Waals surface area contributed by atoms with Crippen LogP contribution in [0.1, 0.15) is 58.1 Å². The number of nitrogens with one attached hydrogen (secondary N) is 2. The van der Waals surface area contributed by atoms with Gasteiger partial charge in [0, 0.05) is 44.7 Å². The molecule has 0 radical (unpaired) electrons. The van der Waals surface area contributed by atoms with Crippen molar-refractivity contribution in [3.63, 3.8) is 0 Å². The average Bonchev–Trinajstić information content (AvgIpc) is 3.07. The SMILES string of the molecule is CCCCOC1CC(NC(=NC)NC2CCc3nc(COC)nn3C2)C1(C)C. The highest BCUT2D eigenvalue weighted by Gasteiger charge is 2.49. The molecule has 1 aromatic heterocycles. The molecule has 1 fully saturated rings. The lowest BCUT2D eigenvalue weighted by Crippen LogP contribution is -2.64. The quantitative estimate of drug-likeness (QED) is 0.399. The smallest absolute Gasteiger partial charge is 0.191 e. The fourth-order valence-electron chi connectivity index (χ4n) is 3.98. The normalized spacial score (nSPS) is 26.5. The Morgan fingerprint density at radius 2 is 2.18 bits per heavy atom. The van der Waals surface area contributed by atoms with E-state index in [2.05, 4.69) is 46.5 Å². The van der Waals surface area contributed by atoms with Gasteiger partial charge in [0.1, 0.15) is 12.4 Å². The second-order valence-corrected chi connectivity index (χ2v) is 8.48. The summed E-state index contributed by atoms with van der Waals surface area (Å²) in [5, 5.41) is 11.7. The van der Waals surface area contributed by atoms with Crippen LogP contribution in [0.3, 0.4) is 0 Å². The Morgan fingerprint density at radius 3 is 2.86 bits per heavy atom. The van der Waals surface area contributed by atoms with Crippen LogP contribution in [0.2, 0.25) is 0 Å². The summed E-state index contributed by atoms with van der Waals surface area (Å²) in [5.41, 5.74) is 0.103. The summed E-state index contributed by atoms with van der Waals surface area (Å²) in [6, 6.07) is 0.653. The van der Waals surface area contributed by atoms with Crippen LogP contribution >= 0.6 is 0 Å². The number of aromatic nitrogens is 3. The van der Waals surface area contributed by atoms with Crippen molar-refractivity contribution in [2.75, 3.05) is 20.8 Å². The minimum Gasteiger partial charge on any atom is -0.378 e. The predicted molar refractivity (Wildman–Crippen MR) is 109 cm³/mol. The van der Waals surface area contributed by atoms with Crippen LogP contribution in [0, 0.1) is 5.41 Å². The lowest BCUT2D eigenvalue weighted by molar-refractivity contribution is -0.113. The van der Waals surface area contributed by atoms with E-state index in [0.29, 0.717) is 18.8 Å². The second kappa shape index (κ2) is 9.22. The molecule has 1 saturated carbocycles. The van der Waals surface area contributed by atoms with Crippen LogP contribution in [-0.4, -0.2) is 59.7 Å². The second-order valence-electron chi connectivity index (χ2n) is 8.48. The molecule has 2 N–H and O–H groups in total. The lowest BCUT2D eigenvalue weighted by atomic mass is 9.64. The lowest BCUT2D eigenvalue weighted by Gasteiger charge is -2.52. The number of nitrogens with zero attached hydrogens (tertiary/aromatic N) is 4. The van der Waals surface area contributed by atoms with Gasteiger partial charge in [0.2, 0.25) is 0 Å². The number of ether oxygens (including phenoxy) is 2. The van der Waals surface area contributed by atoms with E-state index < -0.39 is 0 Å². The molecule has 1 aromatic rings. The van der Waals surface area contributed by atoms with E-state index in [4.69, 9.17) is 9.47 Å². The molecule has 8 heteroatoms. The Kier molecular flexibility index (Phi) is 6.93. The van der Waals surface area contributed by atoms with Crippen LogP contribution in [0.25, 0.3) is 0 Å². The van der Waals surface area contributed by atoms with Crippen molar-refractivity contribution in [1.29, 1.82) is 0 Å². The molecule has 0 bridgehead atoms. The fraction of sp³-hybridized carbons (Fsp3) is 0.850. The standard InChI is InChI=1S/C20H36N6O2/c1-6-7-10-28-16-11-15(20(16,2)3)23-19(21-4)22-14-8-9-18-24-17(13-27-5)25-26(18)12-14/h14-16H,6-13H2,1-5H3,(H2,21,22,23). The van der Waals surface area contributed by atoms with Crippen molar-refractivity contribution in [3.8, 4) is 0 Å². The van der Waals surface area contributed by atoms with Crippen LogP contribution in [-0.2, 0) is 29.0 Å². The first-order valence-electron chi connectivity index (χ1n) is 10.5. The summed E-state index contributed by atoms with van der Waals surface area (Å²) in [6.45, 7) is 8.86. The molecule has 8 nitrogen and oxygen atoms in total. The molecule has 3 atom stereocenters. The van der Waals surface area contributed by atoms with Gasteiger partial charge in [0.25, 0.3) is 0 Å². The molecule has 28 heavy (non-hydrogen) atoms. The maximum atomic E-state index is 6.06. The van der Waals surface area contributed by atoms with Crippen molar-refractivity contribution in [1.82, 2.24) is 25.4 Å². The molecule has 3 unspecified atom stereocenters. The molecule has 0 aromatic carbocycles. The summed E-state index contributed by atoms with van der Waals surface area (Å²) in [7, 11) is 3.50. The van der Waals surface area contributed by atoms with E-state index in [1.54, 1.807) is 7.11 Å². The zero-order valence-corrected chi connectivity index (χ0v) is 18.0. The highest BCUT2D eigenvalue weighted by Crippen LogP contribution is 2.42. The van der Waals surface area contributed by atoms with Gasteiger partial charge >= 0.3 is 0 Å². The first-order valence-corrected chi connectivity index (χ1v) is 10.5. The van der Waals surface area contributed by atoms with Gasteiger partial charge in [0.05, 0.1) is 12.6 Å². The Morgan fingerprint density at radius 1 is 1.36 bits per heavy atom. The molecule has 1 aliphatic carbocycles. The maximum absolute atomic E-state index is 6.06. The largest absolute Gasteiger partial charge is 0.378 e.